The van der Waals surface area contributed by atoms with Gasteiger partial charge in [-0.2, -0.15) is 0 Å². The van der Waals surface area contributed by atoms with E-state index < -0.39 is 0 Å². The van der Waals surface area contributed by atoms with E-state index in [9.17, 15) is 0 Å². The molecule has 2 nitrogen and oxygen atoms in total. The van der Waals surface area contributed by atoms with E-state index >= 15 is 0 Å². The summed E-state index contributed by atoms with van der Waals surface area (Å²) in [5.41, 5.74) is 1.20. The van der Waals surface area contributed by atoms with Crippen LogP contribution < -0.4 is 5.32 Å². The molecule has 2 atom stereocenters. The third-order valence-electron chi connectivity index (χ3n) is 4.00. The lowest BCUT2D eigenvalue weighted by molar-refractivity contribution is 0.191. The van der Waals surface area contributed by atoms with Crippen LogP contribution in [0.25, 0.3) is 0 Å². The number of nitrogens with one attached hydrogen (secondary N) is 1. The van der Waals surface area contributed by atoms with Crippen molar-refractivity contribution < 1.29 is 0 Å². The molecule has 0 aromatic heterocycles. The highest BCUT2D eigenvalue weighted by Crippen LogP contribution is 2.38. The Balaban J connectivity index is 2.34. The second-order valence-electron chi connectivity index (χ2n) is 5.40. The summed E-state index contributed by atoms with van der Waals surface area (Å²) in [6, 6.07) is 6.26. The van der Waals surface area contributed by atoms with E-state index in [0.29, 0.717) is 17.0 Å². The van der Waals surface area contributed by atoms with E-state index in [2.05, 4.69) is 23.3 Å². The maximum absolute atomic E-state index is 6.42. The zero-order chi connectivity index (χ0) is 13.8. The highest BCUT2D eigenvalue weighted by atomic mass is 35.5. The van der Waals surface area contributed by atoms with Crippen LogP contribution in [0.3, 0.4) is 0 Å². The molecule has 1 heterocycles. The number of hydrogen-bond donors (Lipinski definition) is 1. The molecule has 2 unspecified atom stereocenters. The molecule has 2 rings (SSSR count). The maximum atomic E-state index is 6.42. The first-order chi connectivity index (χ1) is 9.13. The summed E-state index contributed by atoms with van der Waals surface area (Å²) in [5, 5.41) is 4.81. The molecule has 19 heavy (non-hydrogen) atoms. The molecule has 0 bridgehead atoms. The molecule has 0 aliphatic carbocycles. The van der Waals surface area contributed by atoms with Crippen LogP contribution >= 0.6 is 23.2 Å². The molecule has 106 valence electrons. The van der Waals surface area contributed by atoms with Gasteiger partial charge in [0.1, 0.15) is 0 Å². The van der Waals surface area contributed by atoms with E-state index in [-0.39, 0.29) is 0 Å². The Hall–Kier alpha value is -0.280. The van der Waals surface area contributed by atoms with Gasteiger partial charge in [-0.3, -0.25) is 4.90 Å². The van der Waals surface area contributed by atoms with Crippen molar-refractivity contribution in [3.63, 3.8) is 0 Å². The molecule has 0 radical (unpaired) electrons. The zero-order valence-corrected chi connectivity index (χ0v) is 13.1. The van der Waals surface area contributed by atoms with Crippen LogP contribution in [0.4, 0.5) is 0 Å². The smallest absolute Gasteiger partial charge is 0.0468 e. The number of hydrogen-bond acceptors (Lipinski definition) is 2. The van der Waals surface area contributed by atoms with Gasteiger partial charge in [0.05, 0.1) is 0 Å². The Morgan fingerprint density at radius 1 is 1.32 bits per heavy atom. The van der Waals surface area contributed by atoms with Crippen molar-refractivity contribution in [2.45, 2.75) is 25.3 Å². The minimum Gasteiger partial charge on any atom is -0.319 e. The van der Waals surface area contributed by atoms with E-state index in [4.69, 9.17) is 23.2 Å². The second kappa shape index (κ2) is 6.94. The van der Waals surface area contributed by atoms with E-state index in [0.717, 1.165) is 18.1 Å². The van der Waals surface area contributed by atoms with Gasteiger partial charge < -0.3 is 5.32 Å². The Kier molecular flexibility index (Phi) is 5.52. The van der Waals surface area contributed by atoms with Crippen molar-refractivity contribution in [1.29, 1.82) is 0 Å². The normalized spacial score (nSPS) is 25.3. The second-order valence-corrected chi connectivity index (χ2v) is 6.25. The Morgan fingerprint density at radius 3 is 2.79 bits per heavy atom. The van der Waals surface area contributed by atoms with Gasteiger partial charge in [-0.25, -0.2) is 0 Å². The Labute approximate surface area is 126 Å². The van der Waals surface area contributed by atoms with E-state index in [1.807, 2.05) is 19.2 Å². The third-order valence-corrected chi connectivity index (χ3v) is 4.57. The molecule has 1 aliphatic heterocycles. The molecule has 1 aromatic rings. The molecule has 4 heteroatoms. The number of rotatable bonds is 3. The Bertz CT molecular complexity index is 423. The Morgan fingerprint density at radius 2 is 2.11 bits per heavy atom. The van der Waals surface area contributed by atoms with Crippen LogP contribution in [0, 0.1) is 5.92 Å². The SMILES string of the molecule is CNCC1CCCCN(C)C1c1ccc(Cl)cc1Cl. The van der Waals surface area contributed by atoms with Crippen LogP contribution in [-0.2, 0) is 0 Å². The first kappa shape index (κ1) is 15.1. The van der Waals surface area contributed by atoms with Crippen molar-refractivity contribution in [3.05, 3.63) is 33.8 Å². The van der Waals surface area contributed by atoms with E-state index in [1.165, 1.54) is 24.8 Å². The van der Waals surface area contributed by atoms with Gasteiger partial charge in [0, 0.05) is 16.1 Å². The predicted molar refractivity (Wildman–Crippen MR) is 83.1 cm³/mol. The summed E-state index contributed by atoms with van der Waals surface area (Å²) in [7, 11) is 4.22. The lowest BCUT2D eigenvalue weighted by atomic mass is 9.89. The summed E-state index contributed by atoms with van der Waals surface area (Å²) in [5.74, 6) is 0.594. The number of halogens is 2. The van der Waals surface area contributed by atoms with E-state index in [1.54, 1.807) is 0 Å². The fourth-order valence-corrected chi connectivity index (χ4v) is 3.65. The number of benzene rings is 1. The molecule has 1 aromatic carbocycles. The van der Waals surface area contributed by atoms with Gasteiger partial charge in [0.2, 0.25) is 0 Å². The lowest BCUT2D eigenvalue weighted by Gasteiger charge is -2.33. The average Bonchev–Trinajstić information content (AvgIpc) is 2.53. The minimum atomic E-state index is 0.375. The molecule has 1 aliphatic rings. The highest BCUT2D eigenvalue weighted by molar-refractivity contribution is 6.35. The van der Waals surface area contributed by atoms with Crippen molar-refractivity contribution in [2.24, 2.45) is 5.92 Å². The van der Waals surface area contributed by atoms with Crippen molar-refractivity contribution >= 4 is 23.2 Å². The van der Waals surface area contributed by atoms with Gasteiger partial charge in [-0.1, -0.05) is 35.7 Å². The number of likely N-dealkylation sites (tertiary alicyclic amines) is 1. The number of nitrogens with zero attached hydrogens (tertiary/aromatic N) is 1. The maximum Gasteiger partial charge on any atom is 0.0468 e. The van der Waals surface area contributed by atoms with Crippen molar-refractivity contribution in [3.8, 4) is 0 Å². The molecular weight excluding hydrogens is 279 g/mol. The standard InChI is InChI=1S/C15H22Cl2N2/c1-18-10-11-5-3-4-8-19(2)15(11)13-7-6-12(16)9-14(13)17/h6-7,9,11,15,18H,3-5,8,10H2,1-2H3. The molecule has 0 spiro atoms. The van der Waals surface area contributed by atoms with Crippen molar-refractivity contribution in [2.75, 3.05) is 27.2 Å². The molecule has 1 saturated heterocycles. The van der Waals surface area contributed by atoms with Gasteiger partial charge >= 0.3 is 0 Å². The predicted octanol–water partition coefficient (Wildman–Crippen LogP) is 3.99. The first-order valence-corrected chi connectivity index (χ1v) is 7.69. The van der Waals surface area contributed by atoms with Gasteiger partial charge in [-0.15, -0.1) is 0 Å². The fourth-order valence-electron chi connectivity index (χ4n) is 3.13. The summed E-state index contributed by atoms with van der Waals surface area (Å²) in [4.78, 5) is 2.43. The topological polar surface area (TPSA) is 15.3 Å². The summed E-state index contributed by atoms with van der Waals surface area (Å²) in [6.45, 7) is 2.15. The zero-order valence-electron chi connectivity index (χ0n) is 11.6. The van der Waals surface area contributed by atoms with Gasteiger partial charge in [0.25, 0.3) is 0 Å². The minimum absolute atomic E-state index is 0.375. The van der Waals surface area contributed by atoms with Crippen LogP contribution in [0.5, 0.6) is 0 Å². The summed E-state index contributed by atoms with van der Waals surface area (Å²) >= 11 is 12.4. The van der Waals surface area contributed by atoms with Crippen LogP contribution in [0.15, 0.2) is 18.2 Å². The highest BCUT2D eigenvalue weighted by Gasteiger charge is 2.29. The van der Waals surface area contributed by atoms with Gasteiger partial charge in [-0.05, 0) is 63.6 Å². The summed E-state index contributed by atoms with van der Waals surface area (Å²) < 4.78 is 0. The first-order valence-electron chi connectivity index (χ1n) is 6.93. The lowest BCUT2D eigenvalue weighted by Crippen LogP contribution is -2.34. The van der Waals surface area contributed by atoms with Crippen LogP contribution in [-0.4, -0.2) is 32.1 Å². The molecule has 0 amide bonds. The fraction of sp³-hybridized carbons (Fsp3) is 0.600. The summed E-state index contributed by atoms with van der Waals surface area (Å²) in [6.07, 6.45) is 3.80. The molecule has 1 N–H and O–H groups in total. The molecule has 0 saturated carbocycles. The van der Waals surface area contributed by atoms with Crippen molar-refractivity contribution in [1.82, 2.24) is 10.2 Å². The van der Waals surface area contributed by atoms with Crippen LogP contribution in [0.1, 0.15) is 30.9 Å². The average molecular weight is 301 g/mol. The largest absolute Gasteiger partial charge is 0.319 e. The quantitative estimate of drug-likeness (QED) is 0.908. The van der Waals surface area contributed by atoms with Gasteiger partial charge in [0.15, 0.2) is 0 Å². The molecule has 1 fully saturated rings. The van der Waals surface area contributed by atoms with Crippen LogP contribution in [0.2, 0.25) is 10.0 Å². The third kappa shape index (κ3) is 3.63. The monoisotopic (exact) mass is 300 g/mol. The molecular formula is C15H22Cl2N2.